The van der Waals surface area contributed by atoms with Crippen LogP contribution in [-0.4, -0.2) is 33.2 Å². The Morgan fingerprint density at radius 1 is 1.24 bits per heavy atom. The molecule has 1 amide bonds. The zero-order chi connectivity index (χ0) is 16.0. The smallest absolute Gasteiger partial charge is 0.326 e. The zero-order valence-corrected chi connectivity index (χ0v) is 12.2. The number of aliphatic carboxylic acids is 1. The summed E-state index contributed by atoms with van der Waals surface area (Å²) in [5.74, 6) is -2.27. The lowest BCUT2D eigenvalue weighted by atomic mass is 10.0. The normalized spacial score (nSPS) is 13.4. The van der Waals surface area contributed by atoms with Crippen LogP contribution in [-0.2, 0) is 16.0 Å². The van der Waals surface area contributed by atoms with Gasteiger partial charge in [-0.1, -0.05) is 26.3 Å². The molecule has 21 heavy (non-hydrogen) atoms. The maximum atomic E-state index is 11.9. The van der Waals surface area contributed by atoms with Crippen LogP contribution in [0.1, 0.15) is 32.3 Å². The van der Waals surface area contributed by atoms with Gasteiger partial charge in [-0.05, 0) is 24.1 Å². The van der Waals surface area contributed by atoms with E-state index in [0.717, 1.165) is 6.42 Å². The van der Waals surface area contributed by atoms with Gasteiger partial charge in [0, 0.05) is 12.3 Å². The lowest BCUT2D eigenvalue weighted by Gasteiger charge is -2.18. The van der Waals surface area contributed by atoms with Gasteiger partial charge < -0.3 is 20.6 Å². The van der Waals surface area contributed by atoms with Gasteiger partial charge in [0.15, 0.2) is 11.5 Å². The molecule has 1 rings (SSSR count). The number of hydrogen-bond acceptors (Lipinski definition) is 4. The number of aromatic hydroxyl groups is 2. The monoisotopic (exact) mass is 295 g/mol. The van der Waals surface area contributed by atoms with Crippen LogP contribution < -0.4 is 5.32 Å². The van der Waals surface area contributed by atoms with Gasteiger partial charge >= 0.3 is 5.97 Å². The molecule has 4 N–H and O–H groups in total. The van der Waals surface area contributed by atoms with Crippen LogP contribution in [0.25, 0.3) is 0 Å². The average molecular weight is 295 g/mol. The van der Waals surface area contributed by atoms with E-state index in [2.05, 4.69) is 5.32 Å². The van der Waals surface area contributed by atoms with Crippen molar-refractivity contribution in [3.05, 3.63) is 23.8 Å². The van der Waals surface area contributed by atoms with Gasteiger partial charge in [-0.3, -0.25) is 4.79 Å². The van der Waals surface area contributed by atoms with Crippen molar-refractivity contribution in [3.63, 3.8) is 0 Å². The maximum absolute atomic E-state index is 11.9. The van der Waals surface area contributed by atoms with Gasteiger partial charge in [0.05, 0.1) is 0 Å². The molecule has 0 aliphatic carbocycles. The Morgan fingerprint density at radius 2 is 1.90 bits per heavy atom. The van der Waals surface area contributed by atoms with Crippen molar-refractivity contribution in [2.45, 2.75) is 39.2 Å². The molecule has 2 atom stereocenters. The Labute approximate surface area is 123 Å². The molecule has 0 aliphatic heterocycles. The van der Waals surface area contributed by atoms with Gasteiger partial charge in [-0.25, -0.2) is 4.79 Å². The quantitative estimate of drug-likeness (QED) is 0.572. The first-order valence-corrected chi connectivity index (χ1v) is 6.89. The van der Waals surface area contributed by atoms with Gasteiger partial charge in [-0.15, -0.1) is 0 Å². The Hall–Kier alpha value is -2.24. The summed E-state index contributed by atoms with van der Waals surface area (Å²) in [6.45, 7) is 3.71. The van der Waals surface area contributed by atoms with Crippen molar-refractivity contribution in [2.24, 2.45) is 5.92 Å². The standard InChI is InChI=1S/C15H21NO5/c1-3-4-9(2)14(19)16-11(15(20)21)7-10-5-6-12(17)13(18)8-10/h5-6,8-9,11,17-18H,3-4,7H2,1-2H3,(H,16,19)(H,20,21). The van der Waals surface area contributed by atoms with E-state index in [0.29, 0.717) is 12.0 Å². The minimum atomic E-state index is -1.14. The number of carboxylic acid groups (broad SMARTS) is 1. The Morgan fingerprint density at radius 3 is 2.43 bits per heavy atom. The number of nitrogens with one attached hydrogen (secondary N) is 1. The fraction of sp³-hybridized carbons (Fsp3) is 0.467. The highest BCUT2D eigenvalue weighted by atomic mass is 16.4. The van der Waals surface area contributed by atoms with Crippen molar-refractivity contribution in [3.8, 4) is 11.5 Å². The topological polar surface area (TPSA) is 107 Å². The summed E-state index contributed by atoms with van der Waals surface area (Å²) in [5.41, 5.74) is 0.515. The number of amides is 1. The molecule has 0 spiro atoms. The van der Waals surface area contributed by atoms with E-state index in [1.165, 1.54) is 18.2 Å². The molecule has 116 valence electrons. The highest BCUT2D eigenvalue weighted by molar-refractivity contribution is 5.85. The van der Waals surface area contributed by atoms with Crippen LogP contribution in [0.15, 0.2) is 18.2 Å². The first-order valence-electron chi connectivity index (χ1n) is 6.89. The largest absolute Gasteiger partial charge is 0.504 e. The lowest BCUT2D eigenvalue weighted by Crippen LogP contribution is -2.44. The van der Waals surface area contributed by atoms with Crippen molar-refractivity contribution >= 4 is 11.9 Å². The summed E-state index contributed by atoms with van der Waals surface area (Å²) in [6.07, 6.45) is 1.57. The first kappa shape index (κ1) is 16.8. The summed E-state index contributed by atoms with van der Waals surface area (Å²) in [6, 6.07) is 3.01. The molecule has 0 radical (unpaired) electrons. The van der Waals surface area contributed by atoms with E-state index in [1.807, 2.05) is 6.92 Å². The highest BCUT2D eigenvalue weighted by Crippen LogP contribution is 2.25. The number of rotatable bonds is 7. The number of phenolic OH excluding ortho intramolecular Hbond substituents is 2. The van der Waals surface area contributed by atoms with Gasteiger partial charge in [-0.2, -0.15) is 0 Å². The molecule has 0 aromatic heterocycles. The zero-order valence-electron chi connectivity index (χ0n) is 12.2. The molecule has 6 heteroatoms. The van der Waals surface area contributed by atoms with Crippen molar-refractivity contribution in [1.29, 1.82) is 0 Å². The predicted molar refractivity (Wildman–Crippen MR) is 77.1 cm³/mol. The van der Waals surface area contributed by atoms with E-state index in [9.17, 15) is 24.9 Å². The highest BCUT2D eigenvalue weighted by Gasteiger charge is 2.23. The minimum Gasteiger partial charge on any atom is -0.504 e. The number of hydrogen-bond donors (Lipinski definition) is 4. The minimum absolute atomic E-state index is 0.0355. The van der Waals surface area contributed by atoms with Crippen LogP contribution in [0.4, 0.5) is 0 Å². The van der Waals surface area contributed by atoms with Crippen molar-refractivity contribution in [2.75, 3.05) is 0 Å². The fourth-order valence-corrected chi connectivity index (χ4v) is 2.01. The lowest BCUT2D eigenvalue weighted by molar-refractivity contribution is -0.142. The number of carbonyl (C=O) groups excluding carboxylic acids is 1. The van der Waals surface area contributed by atoms with Crippen LogP contribution in [0, 0.1) is 5.92 Å². The molecule has 6 nitrogen and oxygen atoms in total. The average Bonchev–Trinajstić information content (AvgIpc) is 2.42. The summed E-state index contributed by atoms with van der Waals surface area (Å²) in [4.78, 5) is 23.1. The number of carboxylic acids is 1. The number of carbonyl (C=O) groups is 2. The molecule has 1 aromatic carbocycles. The molecular formula is C15H21NO5. The van der Waals surface area contributed by atoms with Gasteiger partial charge in [0.25, 0.3) is 0 Å². The van der Waals surface area contributed by atoms with Crippen molar-refractivity contribution in [1.82, 2.24) is 5.32 Å². The Balaban J connectivity index is 2.76. The molecule has 0 saturated heterocycles. The maximum Gasteiger partial charge on any atom is 0.326 e. The molecule has 0 saturated carbocycles. The molecule has 1 aromatic rings. The first-order chi connectivity index (χ1) is 9.85. The summed E-state index contributed by atoms with van der Waals surface area (Å²) in [5, 5.41) is 30.3. The molecular weight excluding hydrogens is 274 g/mol. The summed E-state index contributed by atoms with van der Waals surface area (Å²) in [7, 11) is 0. The second-order valence-corrected chi connectivity index (χ2v) is 5.12. The van der Waals surface area contributed by atoms with E-state index >= 15 is 0 Å². The molecule has 0 fully saturated rings. The van der Waals surface area contributed by atoms with Crippen LogP contribution in [0.5, 0.6) is 11.5 Å². The van der Waals surface area contributed by atoms with E-state index < -0.39 is 12.0 Å². The molecule has 2 unspecified atom stereocenters. The molecule has 0 aliphatic rings. The van der Waals surface area contributed by atoms with Gasteiger partial charge in [0.2, 0.25) is 5.91 Å². The van der Waals surface area contributed by atoms with Crippen molar-refractivity contribution < 1.29 is 24.9 Å². The third-order valence-corrected chi connectivity index (χ3v) is 3.26. The third-order valence-electron chi connectivity index (χ3n) is 3.26. The van der Waals surface area contributed by atoms with Crippen LogP contribution in [0.2, 0.25) is 0 Å². The summed E-state index contributed by atoms with van der Waals surface area (Å²) < 4.78 is 0. The second kappa shape index (κ2) is 7.52. The van der Waals surface area contributed by atoms with E-state index in [-0.39, 0.29) is 29.7 Å². The molecule has 0 heterocycles. The fourth-order valence-electron chi connectivity index (χ4n) is 2.01. The van der Waals surface area contributed by atoms with Crippen LogP contribution in [0.3, 0.4) is 0 Å². The third kappa shape index (κ3) is 4.98. The van der Waals surface area contributed by atoms with E-state index in [4.69, 9.17) is 0 Å². The van der Waals surface area contributed by atoms with Gasteiger partial charge in [0.1, 0.15) is 6.04 Å². The number of benzene rings is 1. The Kier molecular flexibility index (Phi) is 6.02. The predicted octanol–water partition coefficient (Wildman–Crippen LogP) is 1.65. The van der Waals surface area contributed by atoms with E-state index in [1.54, 1.807) is 6.92 Å². The SMILES string of the molecule is CCCC(C)C(=O)NC(Cc1ccc(O)c(O)c1)C(=O)O. The summed E-state index contributed by atoms with van der Waals surface area (Å²) >= 11 is 0. The number of phenols is 2. The molecule has 0 bridgehead atoms. The Bertz CT molecular complexity index is 515. The van der Waals surface area contributed by atoms with Crippen LogP contribution >= 0.6 is 0 Å². The second-order valence-electron chi connectivity index (χ2n) is 5.12.